The van der Waals surface area contributed by atoms with Gasteiger partial charge < -0.3 is 36.2 Å². The van der Waals surface area contributed by atoms with Gasteiger partial charge in [-0.15, -0.1) is 0 Å². The Morgan fingerprint density at radius 2 is 1.46 bits per heavy atom. The summed E-state index contributed by atoms with van der Waals surface area (Å²) in [6, 6.07) is -2.90. The van der Waals surface area contributed by atoms with Crippen LogP contribution >= 0.6 is 0 Å². The van der Waals surface area contributed by atoms with Gasteiger partial charge in [-0.25, -0.2) is 4.79 Å². The summed E-state index contributed by atoms with van der Waals surface area (Å²) in [6.45, 7) is 2.36. The van der Waals surface area contributed by atoms with E-state index in [4.69, 9.17) is 0 Å². The van der Waals surface area contributed by atoms with Crippen LogP contribution in [-0.4, -0.2) is 107 Å². The zero-order valence-electron chi connectivity index (χ0n) is 19.9. The minimum Gasteiger partial charge on any atom is -0.480 e. The average Bonchev–Trinajstić information content (AvgIpc) is 3.61. The fraction of sp³-hybridized carbons (Fsp3) is 0.727. The molecule has 0 aromatic heterocycles. The van der Waals surface area contributed by atoms with E-state index < -0.39 is 41.8 Å². The number of carboxylic acids is 1. The maximum atomic E-state index is 12.8. The van der Waals surface area contributed by atoms with Crippen LogP contribution < -0.4 is 21.3 Å². The Balaban J connectivity index is 1.43. The number of hydrogen-bond acceptors (Lipinski definition) is 7. The van der Waals surface area contributed by atoms with Crippen LogP contribution in [0.3, 0.4) is 0 Å². The van der Waals surface area contributed by atoms with E-state index in [-0.39, 0.29) is 30.9 Å². The van der Waals surface area contributed by atoms with Gasteiger partial charge in [0.2, 0.25) is 29.5 Å². The van der Waals surface area contributed by atoms with Crippen LogP contribution in [0.2, 0.25) is 0 Å². The number of nitrogens with one attached hydrogen (secondary N) is 4. The van der Waals surface area contributed by atoms with Gasteiger partial charge in [0.1, 0.15) is 18.1 Å². The van der Waals surface area contributed by atoms with Crippen LogP contribution in [0.15, 0.2) is 0 Å². The van der Waals surface area contributed by atoms with Gasteiger partial charge in [0, 0.05) is 13.1 Å². The average molecular weight is 495 g/mol. The van der Waals surface area contributed by atoms with Crippen molar-refractivity contribution < 1.29 is 33.9 Å². The van der Waals surface area contributed by atoms with E-state index in [1.165, 1.54) is 16.7 Å². The molecule has 3 heterocycles. The van der Waals surface area contributed by atoms with E-state index in [0.29, 0.717) is 38.8 Å². The summed E-state index contributed by atoms with van der Waals surface area (Å²) in [6.07, 6.45) is 3.64. The summed E-state index contributed by atoms with van der Waals surface area (Å²) in [4.78, 5) is 76.1. The van der Waals surface area contributed by atoms with Crippen LogP contribution in [0.25, 0.3) is 0 Å². The number of likely N-dealkylation sites (tertiary alicyclic amines) is 2. The van der Waals surface area contributed by atoms with Gasteiger partial charge in [-0.1, -0.05) is 0 Å². The van der Waals surface area contributed by atoms with E-state index in [9.17, 15) is 33.9 Å². The van der Waals surface area contributed by atoms with Gasteiger partial charge >= 0.3 is 5.97 Å². The molecule has 13 nitrogen and oxygen atoms in total. The molecular formula is C22H34N6O7. The molecule has 3 saturated heterocycles. The highest BCUT2D eigenvalue weighted by molar-refractivity contribution is 5.95. The number of amides is 5. The first-order valence-corrected chi connectivity index (χ1v) is 12.1. The fourth-order valence-corrected chi connectivity index (χ4v) is 4.75. The minimum absolute atomic E-state index is 0.202. The Hall–Kier alpha value is -3.22. The molecule has 0 aromatic rings. The molecule has 3 fully saturated rings. The van der Waals surface area contributed by atoms with Crippen LogP contribution in [0.5, 0.6) is 0 Å². The van der Waals surface area contributed by atoms with Gasteiger partial charge in [0.05, 0.1) is 19.1 Å². The van der Waals surface area contributed by atoms with Crippen molar-refractivity contribution in [1.82, 2.24) is 31.1 Å². The van der Waals surface area contributed by atoms with Gasteiger partial charge in [-0.05, 0) is 52.0 Å². The second kappa shape index (κ2) is 12.0. The Kier molecular flexibility index (Phi) is 9.01. The molecule has 0 spiro atoms. The lowest BCUT2D eigenvalue weighted by atomic mass is 10.2. The molecule has 194 valence electrons. The highest BCUT2D eigenvalue weighted by atomic mass is 16.4. The number of carbonyl (C=O) groups excluding carboxylic acids is 5. The van der Waals surface area contributed by atoms with E-state index in [2.05, 4.69) is 21.3 Å². The maximum absolute atomic E-state index is 12.8. The minimum atomic E-state index is -1.08. The van der Waals surface area contributed by atoms with Crippen molar-refractivity contribution in [3.63, 3.8) is 0 Å². The third-order valence-corrected chi connectivity index (χ3v) is 6.69. The van der Waals surface area contributed by atoms with Crippen molar-refractivity contribution in [3.8, 4) is 0 Å². The van der Waals surface area contributed by atoms with Crippen molar-refractivity contribution in [2.24, 2.45) is 0 Å². The molecular weight excluding hydrogens is 460 g/mol. The quantitative estimate of drug-likeness (QED) is 0.234. The first-order chi connectivity index (χ1) is 16.7. The van der Waals surface area contributed by atoms with Gasteiger partial charge in [0.25, 0.3) is 0 Å². The molecule has 13 heteroatoms. The topological polar surface area (TPSA) is 177 Å². The summed E-state index contributed by atoms with van der Waals surface area (Å²) >= 11 is 0. The zero-order valence-corrected chi connectivity index (χ0v) is 19.9. The van der Waals surface area contributed by atoms with Crippen LogP contribution in [0.4, 0.5) is 0 Å². The van der Waals surface area contributed by atoms with Crippen molar-refractivity contribution in [2.75, 3.05) is 32.7 Å². The molecule has 0 unspecified atom stereocenters. The van der Waals surface area contributed by atoms with Crippen molar-refractivity contribution in [1.29, 1.82) is 0 Å². The normalized spacial score (nSPS) is 24.7. The molecule has 0 aromatic carbocycles. The Morgan fingerprint density at radius 1 is 0.857 bits per heavy atom. The third kappa shape index (κ3) is 6.68. The Labute approximate surface area is 203 Å². The fourth-order valence-electron chi connectivity index (χ4n) is 4.75. The highest BCUT2D eigenvalue weighted by Gasteiger charge is 2.36. The molecule has 5 N–H and O–H groups in total. The largest absolute Gasteiger partial charge is 0.480 e. The van der Waals surface area contributed by atoms with Crippen LogP contribution in [0.1, 0.15) is 45.4 Å². The van der Waals surface area contributed by atoms with E-state index >= 15 is 0 Å². The van der Waals surface area contributed by atoms with Crippen LogP contribution in [0, 0.1) is 0 Å². The molecule has 5 amide bonds. The number of nitrogens with zero attached hydrogens (tertiary/aromatic N) is 2. The number of carbonyl (C=O) groups is 6. The van der Waals surface area contributed by atoms with Crippen molar-refractivity contribution in [2.45, 2.75) is 69.6 Å². The Morgan fingerprint density at radius 3 is 2.06 bits per heavy atom. The van der Waals surface area contributed by atoms with Crippen molar-refractivity contribution >= 4 is 35.5 Å². The maximum Gasteiger partial charge on any atom is 0.326 e. The van der Waals surface area contributed by atoms with E-state index in [0.717, 1.165) is 19.4 Å². The monoisotopic (exact) mass is 494 g/mol. The molecule has 35 heavy (non-hydrogen) atoms. The summed E-state index contributed by atoms with van der Waals surface area (Å²) in [5.74, 6) is -3.25. The summed E-state index contributed by atoms with van der Waals surface area (Å²) in [7, 11) is 0. The summed E-state index contributed by atoms with van der Waals surface area (Å²) in [5.41, 5.74) is 0. The smallest absolute Gasteiger partial charge is 0.326 e. The van der Waals surface area contributed by atoms with Gasteiger partial charge in [-0.3, -0.25) is 24.0 Å². The van der Waals surface area contributed by atoms with Gasteiger partial charge in [0.15, 0.2) is 0 Å². The molecule has 0 radical (unpaired) electrons. The number of rotatable bonds is 9. The lowest BCUT2D eigenvalue weighted by Crippen LogP contribution is -2.54. The third-order valence-electron chi connectivity index (χ3n) is 6.69. The second-order valence-corrected chi connectivity index (χ2v) is 9.14. The lowest BCUT2D eigenvalue weighted by Gasteiger charge is -2.26. The van der Waals surface area contributed by atoms with E-state index in [1.54, 1.807) is 0 Å². The highest BCUT2D eigenvalue weighted by Crippen LogP contribution is 2.18. The SMILES string of the molecule is C[C@H](NC(=O)[C@@H]1CCCN1C(=O)CNC(=O)[C@@H]1CCCN1)C(=O)NCC(=O)N1CCC[C@H]1C(=O)O. The predicted molar refractivity (Wildman–Crippen MR) is 122 cm³/mol. The predicted octanol–water partition coefficient (Wildman–Crippen LogP) is -2.46. The second-order valence-electron chi connectivity index (χ2n) is 9.14. The molecule has 4 atom stereocenters. The zero-order chi connectivity index (χ0) is 25.5. The molecule has 0 bridgehead atoms. The molecule has 3 rings (SSSR count). The summed E-state index contributed by atoms with van der Waals surface area (Å²) < 4.78 is 0. The number of aliphatic carboxylic acids is 1. The molecule has 0 aliphatic carbocycles. The molecule has 3 aliphatic heterocycles. The van der Waals surface area contributed by atoms with Crippen LogP contribution in [-0.2, 0) is 28.8 Å². The summed E-state index contributed by atoms with van der Waals surface area (Å²) in [5, 5.41) is 19.9. The number of hydrogen-bond donors (Lipinski definition) is 5. The first-order valence-electron chi connectivity index (χ1n) is 12.1. The van der Waals surface area contributed by atoms with Gasteiger partial charge in [-0.2, -0.15) is 0 Å². The molecule has 3 aliphatic rings. The lowest BCUT2D eigenvalue weighted by molar-refractivity contribution is -0.148. The molecule has 0 saturated carbocycles. The standard InChI is InChI=1S/C22H34N6O7/c1-13(19(31)24-11-18(30)28-10-4-7-16(28)22(34)35)26-21(33)15-6-3-9-27(15)17(29)12-25-20(32)14-5-2-8-23-14/h13-16,23H,2-12H2,1H3,(H,24,31)(H,25,32)(H,26,33)(H,34,35)/t13-,14-,15-,16-/m0/s1. The van der Waals surface area contributed by atoms with Crippen molar-refractivity contribution in [3.05, 3.63) is 0 Å². The Bertz CT molecular complexity index is 859. The van der Waals surface area contributed by atoms with E-state index in [1.807, 2.05) is 0 Å². The number of carboxylic acid groups (broad SMARTS) is 1. The first kappa shape index (κ1) is 26.4.